The smallest absolute Gasteiger partial charge is 0.185 e. The Kier molecular flexibility index (Phi) is 5.48. The van der Waals surface area contributed by atoms with Crippen molar-refractivity contribution in [1.82, 2.24) is 9.78 Å². The SMILES string of the molecule is CCc1ccc(C(=O)C=Cc2cn(-c3ccccc3)nc2-c2ccccc2)cc1. The molecule has 0 radical (unpaired) electrons. The summed E-state index contributed by atoms with van der Waals surface area (Å²) in [6.45, 7) is 2.10. The number of benzene rings is 3. The molecule has 4 rings (SSSR count). The van der Waals surface area contributed by atoms with Crippen LogP contribution in [0.1, 0.15) is 28.4 Å². The van der Waals surface area contributed by atoms with Gasteiger partial charge in [-0.2, -0.15) is 5.10 Å². The first-order chi connectivity index (χ1) is 14.2. The Hall–Kier alpha value is -3.72. The van der Waals surface area contributed by atoms with E-state index in [-0.39, 0.29) is 5.78 Å². The molecule has 0 aliphatic rings. The summed E-state index contributed by atoms with van der Waals surface area (Å²) in [4.78, 5) is 12.6. The first-order valence-electron chi connectivity index (χ1n) is 9.76. The number of carbonyl (C=O) groups is 1. The average Bonchev–Trinajstić information content (AvgIpc) is 3.23. The molecule has 0 bridgehead atoms. The molecule has 29 heavy (non-hydrogen) atoms. The maximum atomic E-state index is 12.6. The normalized spacial score (nSPS) is 11.1. The minimum atomic E-state index is -0.0147. The second-order valence-electron chi connectivity index (χ2n) is 6.83. The molecule has 0 atom stereocenters. The predicted molar refractivity (Wildman–Crippen MR) is 118 cm³/mol. The van der Waals surface area contributed by atoms with Crippen LogP contribution >= 0.6 is 0 Å². The lowest BCUT2D eigenvalue weighted by molar-refractivity contribution is 0.104. The van der Waals surface area contributed by atoms with Crippen LogP contribution in [0.15, 0.2) is 97.2 Å². The fourth-order valence-electron chi connectivity index (χ4n) is 3.21. The lowest BCUT2D eigenvalue weighted by Gasteiger charge is -2.00. The molecule has 3 aromatic carbocycles. The van der Waals surface area contributed by atoms with Gasteiger partial charge in [-0.25, -0.2) is 4.68 Å². The molecule has 1 heterocycles. The summed E-state index contributed by atoms with van der Waals surface area (Å²) in [5.41, 5.74) is 5.65. The highest BCUT2D eigenvalue weighted by molar-refractivity contribution is 6.07. The van der Waals surface area contributed by atoms with Gasteiger partial charge in [0.15, 0.2) is 5.78 Å². The van der Waals surface area contributed by atoms with Crippen LogP contribution in [0, 0.1) is 0 Å². The summed E-state index contributed by atoms with van der Waals surface area (Å²) >= 11 is 0. The number of aryl methyl sites for hydroxylation is 1. The Morgan fingerprint density at radius 2 is 1.55 bits per heavy atom. The lowest BCUT2D eigenvalue weighted by Crippen LogP contribution is -1.94. The number of hydrogen-bond donors (Lipinski definition) is 0. The summed E-state index contributed by atoms with van der Waals surface area (Å²) in [5.74, 6) is -0.0147. The van der Waals surface area contributed by atoms with Crippen molar-refractivity contribution >= 4 is 11.9 Å². The van der Waals surface area contributed by atoms with E-state index < -0.39 is 0 Å². The third-order valence-electron chi connectivity index (χ3n) is 4.87. The average molecular weight is 378 g/mol. The zero-order valence-corrected chi connectivity index (χ0v) is 16.3. The van der Waals surface area contributed by atoms with Crippen LogP contribution in [0.2, 0.25) is 0 Å². The summed E-state index contributed by atoms with van der Waals surface area (Å²) in [6, 6.07) is 27.8. The topological polar surface area (TPSA) is 34.9 Å². The van der Waals surface area contributed by atoms with E-state index in [1.165, 1.54) is 5.56 Å². The fourth-order valence-corrected chi connectivity index (χ4v) is 3.21. The maximum Gasteiger partial charge on any atom is 0.185 e. The van der Waals surface area contributed by atoms with Crippen molar-refractivity contribution < 1.29 is 4.79 Å². The molecule has 3 nitrogen and oxygen atoms in total. The highest BCUT2D eigenvalue weighted by Gasteiger charge is 2.11. The zero-order valence-electron chi connectivity index (χ0n) is 16.3. The van der Waals surface area contributed by atoms with Gasteiger partial charge in [-0.1, -0.05) is 79.7 Å². The van der Waals surface area contributed by atoms with Gasteiger partial charge < -0.3 is 0 Å². The largest absolute Gasteiger partial charge is 0.289 e. The molecule has 3 heteroatoms. The van der Waals surface area contributed by atoms with Crippen molar-refractivity contribution in [3.8, 4) is 16.9 Å². The van der Waals surface area contributed by atoms with Crippen molar-refractivity contribution in [2.75, 3.05) is 0 Å². The summed E-state index contributed by atoms with van der Waals surface area (Å²) in [5, 5.41) is 4.78. The Labute approximate surface area is 171 Å². The minimum Gasteiger partial charge on any atom is -0.289 e. The standard InChI is InChI=1S/C26H22N2O/c1-2-20-13-15-21(16-14-20)25(29)18-17-23-19-28(24-11-7-4-8-12-24)27-26(23)22-9-5-3-6-10-22/h3-19H,2H2,1H3. The fraction of sp³-hybridized carbons (Fsp3) is 0.0769. The Morgan fingerprint density at radius 3 is 2.21 bits per heavy atom. The summed E-state index contributed by atoms with van der Waals surface area (Å²) < 4.78 is 1.85. The van der Waals surface area contributed by atoms with Crippen molar-refractivity contribution in [3.63, 3.8) is 0 Å². The number of nitrogens with zero attached hydrogens (tertiary/aromatic N) is 2. The highest BCUT2D eigenvalue weighted by atomic mass is 16.1. The van der Waals surface area contributed by atoms with E-state index in [9.17, 15) is 4.79 Å². The molecule has 0 fully saturated rings. The van der Waals surface area contributed by atoms with E-state index in [1.807, 2.05) is 102 Å². The molecular weight excluding hydrogens is 356 g/mol. The van der Waals surface area contributed by atoms with Gasteiger partial charge in [0.05, 0.1) is 11.4 Å². The van der Waals surface area contributed by atoms with E-state index in [0.717, 1.165) is 28.9 Å². The van der Waals surface area contributed by atoms with Crippen LogP contribution in [-0.2, 0) is 6.42 Å². The van der Waals surface area contributed by atoms with Gasteiger partial charge >= 0.3 is 0 Å². The second-order valence-corrected chi connectivity index (χ2v) is 6.83. The van der Waals surface area contributed by atoms with E-state index in [4.69, 9.17) is 5.10 Å². The summed E-state index contributed by atoms with van der Waals surface area (Å²) in [7, 11) is 0. The molecule has 0 unspecified atom stereocenters. The number of carbonyl (C=O) groups excluding carboxylic acids is 1. The van der Waals surface area contributed by atoms with Crippen molar-refractivity contribution in [1.29, 1.82) is 0 Å². The molecule has 0 saturated heterocycles. The Balaban J connectivity index is 1.68. The van der Waals surface area contributed by atoms with Crippen LogP contribution in [0.4, 0.5) is 0 Å². The van der Waals surface area contributed by atoms with Gasteiger partial charge in [0.1, 0.15) is 0 Å². The third-order valence-corrected chi connectivity index (χ3v) is 4.87. The number of para-hydroxylation sites is 1. The second kappa shape index (κ2) is 8.53. The lowest BCUT2D eigenvalue weighted by atomic mass is 10.0. The van der Waals surface area contributed by atoms with Crippen LogP contribution in [0.25, 0.3) is 23.0 Å². The highest BCUT2D eigenvalue weighted by Crippen LogP contribution is 2.25. The van der Waals surface area contributed by atoms with Crippen molar-refractivity contribution in [3.05, 3.63) is 114 Å². The minimum absolute atomic E-state index is 0.0147. The third kappa shape index (κ3) is 4.25. The van der Waals surface area contributed by atoms with Crippen LogP contribution in [0.5, 0.6) is 0 Å². The number of rotatable bonds is 6. The Bertz CT molecular complexity index is 1120. The molecule has 0 aliphatic carbocycles. The first kappa shape index (κ1) is 18.6. The summed E-state index contributed by atoms with van der Waals surface area (Å²) in [6.07, 6.45) is 6.40. The molecular formula is C26H22N2O. The van der Waals surface area contributed by atoms with Gasteiger partial charge in [-0.3, -0.25) is 4.79 Å². The monoisotopic (exact) mass is 378 g/mol. The molecule has 0 aliphatic heterocycles. The molecule has 0 spiro atoms. The van der Waals surface area contributed by atoms with Crippen LogP contribution in [0.3, 0.4) is 0 Å². The number of allylic oxidation sites excluding steroid dienone is 1. The van der Waals surface area contributed by atoms with Gasteiger partial charge in [0.25, 0.3) is 0 Å². The van der Waals surface area contributed by atoms with Crippen molar-refractivity contribution in [2.45, 2.75) is 13.3 Å². The van der Waals surface area contributed by atoms with E-state index in [1.54, 1.807) is 6.08 Å². The van der Waals surface area contributed by atoms with Crippen molar-refractivity contribution in [2.24, 2.45) is 0 Å². The molecule has 1 aromatic heterocycles. The molecule has 4 aromatic rings. The quantitative estimate of drug-likeness (QED) is 0.305. The van der Waals surface area contributed by atoms with E-state index in [0.29, 0.717) is 5.56 Å². The van der Waals surface area contributed by atoms with Gasteiger partial charge in [-0.05, 0) is 36.3 Å². The van der Waals surface area contributed by atoms with Gasteiger partial charge in [0, 0.05) is 22.9 Å². The predicted octanol–water partition coefficient (Wildman–Crippen LogP) is 6.00. The number of ketones is 1. The maximum absolute atomic E-state index is 12.6. The molecule has 0 N–H and O–H groups in total. The van der Waals surface area contributed by atoms with Crippen LogP contribution < -0.4 is 0 Å². The van der Waals surface area contributed by atoms with Crippen LogP contribution in [-0.4, -0.2) is 15.6 Å². The molecule has 142 valence electrons. The van der Waals surface area contributed by atoms with E-state index in [2.05, 4.69) is 6.92 Å². The first-order valence-corrected chi connectivity index (χ1v) is 9.76. The number of aromatic nitrogens is 2. The zero-order chi connectivity index (χ0) is 20.1. The molecule has 0 amide bonds. The van der Waals surface area contributed by atoms with Gasteiger partial charge in [-0.15, -0.1) is 0 Å². The molecule has 0 saturated carbocycles. The Morgan fingerprint density at radius 1 is 0.897 bits per heavy atom. The van der Waals surface area contributed by atoms with E-state index >= 15 is 0 Å². The number of hydrogen-bond acceptors (Lipinski definition) is 2. The van der Waals surface area contributed by atoms with Gasteiger partial charge in [0.2, 0.25) is 0 Å².